The van der Waals surface area contributed by atoms with Crippen LogP contribution in [0.15, 0.2) is 34.9 Å². The van der Waals surface area contributed by atoms with Gasteiger partial charge in [-0.2, -0.15) is 4.98 Å². The molecule has 0 aliphatic rings. The van der Waals surface area contributed by atoms with Crippen LogP contribution in [0.4, 0.5) is 5.69 Å². The van der Waals surface area contributed by atoms with Crippen molar-refractivity contribution >= 4 is 46.4 Å². The fourth-order valence-electron chi connectivity index (χ4n) is 4.21. The molecule has 1 unspecified atom stereocenters. The van der Waals surface area contributed by atoms with E-state index in [9.17, 15) is 4.79 Å². The lowest BCUT2D eigenvalue weighted by atomic mass is 9.76. The molecule has 218 valence electrons. The standard InChI is InChI=1S/C31H40Cl3N3O3/c1-8-11-12-25(39-24-14-13-19(30(4,5)9-2)15-21(24)31(6,7)10-3)29-35-26(37-40-29)18-27(38)36-28-22(33)16-20(32)17-23(28)34/h13-17,25H,8-12,18H2,1-7H3,(H,36,38). The van der Waals surface area contributed by atoms with Crippen molar-refractivity contribution < 1.29 is 14.1 Å². The van der Waals surface area contributed by atoms with Gasteiger partial charge in [0.2, 0.25) is 5.91 Å². The number of ether oxygens (including phenoxy) is 1. The molecule has 0 saturated carbocycles. The number of amides is 1. The average Bonchev–Trinajstić information content (AvgIpc) is 3.36. The first-order chi connectivity index (χ1) is 18.8. The highest BCUT2D eigenvalue weighted by Crippen LogP contribution is 2.40. The molecule has 9 heteroatoms. The molecule has 3 aromatic rings. The maximum absolute atomic E-state index is 12.7. The van der Waals surface area contributed by atoms with E-state index < -0.39 is 6.10 Å². The number of carbonyl (C=O) groups excluding carboxylic acids is 1. The molecule has 0 bridgehead atoms. The summed E-state index contributed by atoms with van der Waals surface area (Å²) in [5, 5.41) is 7.63. The first kappa shape index (κ1) is 32.2. The Bertz CT molecular complexity index is 1300. The molecule has 1 aromatic heterocycles. The predicted molar refractivity (Wildman–Crippen MR) is 164 cm³/mol. The Hall–Kier alpha value is -2.28. The highest BCUT2D eigenvalue weighted by atomic mass is 35.5. The van der Waals surface area contributed by atoms with Gasteiger partial charge in [-0.25, -0.2) is 0 Å². The van der Waals surface area contributed by atoms with E-state index in [0.717, 1.165) is 37.0 Å². The lowest BCUT2D eigenvalue weighted by Gasteiger charge is -2.31. The summed E-state index contributed by atoms with van der Waals surface area (Å²) in [6.45, 7) is 15.5. The number of carbonyl (C=O) groups is 1. The van der Waals surface area contributed by atoms with Gasteiger partial charge in [0.25, 0.3) is 5.89 Å². The smallest absolute Gasteiger partial charge is 0.267 e. The van der Waals surface area contributed by atoms with E-state index in [-0.39, 0.29) is 44.7 Å². The molecule has 40 heavy (non-hydrogen) atoms. The van der Waals surface area contributed by atoms with Crippen LogP contribution in [-0.2, 0) is 22.0 Å². The largest absolute Gasteiger partial charge is 0.480 e. The molecular formula is C31H40Cl3N3O3. The zero-order valence-electron chi connectivity index (χ0n) is 24.5. The Morgan fingerprint density at radius 2 is 1.65 bits per heavy atom. The Labute approximate surface area is 253 Å². The number of aromatic nitrogens is 2. The Kier molecular flexibility index (Phi) is 11.0. The third-order valence-electron chi connectivity index (χ3n) is 7.70. The SMILES string of the molecule is CCCCC(Oc1ccc(C(C)(C)CC)cc1C(C)(C)CC)c1nc(CC(=O)Nc2c(Cl)cc(Cl)cc2Cl)no1. The lowest BCUT2D eigenvalue weighted by molar-refractivity contribution is -0.115. The molecule has 3 rings (SSSR count). The minimum atomic E-state index is -0.444. The zero-order valence-corrected chi connectivity index (χ0v) is 26.7. The van der Waals surface area contributed by atoms with Crippen molar-refractivity contribution in [2.75, 3.05) is 5.32 Å². The Balaban J connectivity index is 1.86. The second kappa shape index (κ2) is 13.6. The van der Waals surface area contributed by atoms with Crippen molar-refractivity contribution in [3.8, 4) is 5.75 Å². The van der Waals surface area contributed by atoms with Crippen LogP contribution in [0.25, 0.3) is 0 Å². The van der Waals surface area contributed by atoms with Crippen molar-refractivity contribution in [2.24, 2.45) is 0 Å². The maximum atomic E-state index is 12.7. The monoisotopic (exact) mass is 607 g/mol. The van der Waals surface area contributed by atoms with Crippen LogP contribution in [0.3, 0.4) is 0 Å². The molecule has 0 radical (unpaired) electrons. The average molecular weight is 609 g/mol. The summed E-state index contributed by atoms with van der Waals surface area (Å²) in [5.41, 5.74) is 2.70. The summed E-state index contributed by atoms with van der Waals surface area (Å²) < 4.78 is 12.3. The molecule has 0 aliphatic heterocycles. The topological polar surface area (TPSA) is 77.2 Å². The zero-order chi connectivity index (χ0) is 29.7. The maximum Gasteiger partial charge on any atom is 0.267 e. The normalized spacial score (nSPS) is 12.8. The minimum absolute atomic E-state index is 0.0567. The third kappa shape index (κ3) is 7.92. The van der Waals surface area contributed by atoms with Gasteiger partial charge in [0.05, 0.1) is 22.2 Å². The number of hydrogen-bond acceptors (Lipinski definition) is 5. The highest BCUT2D eigenvalue weighted by Gasteiger charge is 2.29. The lowest BCUT2D eigenvalue weighted by Crippen LogP contribution is -2.22. The summed E-state index contributed by atoms with van der Waals surface area (Å²) in [4.78, 5) is 17.3. The van der Waals surface area contributed by atoms with Gasteiger partial charge in [0.1, 0.15) is 5.75 Å². The second-order valence-electron chi connectivity index (χ2n) is 11.5. The molecule has 1 atom stereocenters. The molecule has 6 nitrogen and oxygen atoms in total. The van der Waals surface area contributed by atoms with Crippen molar-refractivity contribution in [1.29, 1.82) is 0 Å². The van der Waals surface area contributed by atoms with Gasteiger partial charge in [-0.15, -0.1) is 0 Å². The molecule has 0 aliphatic carbocycles. The minimum Gasteiger partial charge on any atom is -0.480 e. The van der Waals surface area contributed by atoms with E-state index in [1.165, 1.54) is 17.7 Å². The van der Waals surface area contributed by atoms with Crippen LogP contribution in [0.2, 0.25) is 15.1 Å². The summed E-state index contributed by atoms with van der Waals surface area (Å²) >= 11 is 18.4. The molecule has 1 N–H and O–H groups in total. The van der Waals surface area contributed by atoms with E-state index in [1.54, 1.807) is 0 Å². The summed E-state index contributed by atoms with van der Waals surface area (Å²) in [5.74, 6) is 1.02. The fraction of sp³-hybridized carbons (Fsp3) is 0.516. The van der Waals surface area contributed by atoms with E-state index in [4.69, 9.17) is 44.1 Å². The van der Waals surface area contributed by atoms with Crippen LogP contribution in [0, 0.1) is 0 Å². The van der Waals surface area contributed by atoms with Gasteiger partial charge in [-0.3, -0.25) is 4.79 Å². The number of anilines is 1. The van der Waals surface area contributed by atoms with Gasteiger partial charge in [-0.05, 0) is 60.3 Å². The molecule has 0 saturated heterocycles. The van der Waals surface area contributed by atoms with Crippen LogP contribution in [0.5, 0.6) is 5.75 Å². The Morgan fingerprint density at radius 1 is 1.00 bits per heavy atom. The van der Waals surface area contributed by atoms with Crippen LogP contribution in [-0.4, -0.2) is 16.0 Å². The number of benzene rings is 2. The van der Waals surface area contributed by atoms with Crippen LogP contribution in [0.1, 0.15) is 110 Å². The van der Waals surface area contributed by atoms with Gasteiger partial charge in [0, 0.05) is 10.6 Å². The van der Waals surface area contributed by atoms with Crippen LogP contribution < -0.4 is 10.1 Å². The molecule has 1 heterocycles. The Morgan fingerprint density at radius 3 is 2.25 bits per heavy atom. The number of unbranched alkanes of at least 4 members (excludes halogenated alkanes) is 1. The first-order valence-electron chi connectivity index (χ1n) is 13.9. The summed E-state index contributed by atoms with van der Waals surface area (Å²) in [6, 6.07) is 9.54. The summed E-state index contributed by atoms with van der Waals surface area (Å²) in [6.07, 6.45) is 4.05. The van der Waals surface area contributed by atoms with Gasteiger partial charge >= 0.3 is 0 Å². The molecule has 2 aromatic carbocycles. The van der Waals surface area contributed by atoms with Crippen molar-refractivity contribution in [3.63, 3.8) is 0 Å². The quantitative estimate of drug-likeness (QED) is 0.209. The first-order valence-corrected chi connectivity index (χ1v) is 15.0. The molecule has 0 spiro atoms. The fourth-order valence-corrected chi connectivity index (χ4v) is 5.12. The third-order valence-corrected chi connectivity index (χ3v) is 8.51. The number of hydrogen-bond donors (Lipinski definition) is 1. The van der Waals surface area contributed by atoms with Crippen molar-refractivity contribution in [3.05, 3.63) is 68.2 Å². The second-order valence-corrected chi connectivity index (χ2v) is 12.7. The van der Waals surface area contributed by atoms with Gasteiger partial charge in [-0.1, -0.05) is 107 Å². The van der Waals surface area contributed by atoms with E-state index in [0.29, 0.717) is 17.3 Å². The highest BCUT2D eigenvalue weighted by molar-refractivity contribution is 6.42. The summed E-state index contributed by atoms with van der Waals surface area (Å²) in [7, 11) is 0. The van der Waals surface area contributed by atoms with E-state index in [2.05, 4.69) is 82.1 Å². The van der Waals surface area contributed by atoms with Gasteiger partial charge < -0.3 is 14.6 Å². The number of halogens is 3. The number of nitrogens with one attached hydrogen (secondary N) is 1. The van der Waals surface area contributed by atoms with Crippen molar-refractivity contribution in [1.82, 2.24) is 10.1 Å². The van der Waals surface area contributed by atoms with Gasteiger partial charge in [0.15, 0.2) is 11.9 Å². The molecule has 1 amide bonds. The van der Waals surface area contributed by atoms with Crippen LogP contribution >= 0.6 is 34.8 Å². The van der Waals surface area contributed by atoms with E-state index >= 15 is 0 Å². The van der Waals surface area contributed by atoms with Crippen molar-refractivity contribution in [2.45, 2.75) is 104 Å². The predicted octanol–water partition coefficient (Wildman–Crippen LogP) is 9.90. The molecule has 0 fully saturated rings. The van der Waals surface area contributed by atoms with E-state index in [1.807, 2.05) is 0 Å². The number of nitrogens with zero attached hydrogens (tertiary/aromatic N) is 2. The molecular weight excluding hydrogens is 569 g/mol. The number of rotatable bonds is 13.